The first-order chi connectivity index (χ1) is 12.3. The van der Waals surface area contributed by atoms with E-state index in [2.05, 4.69) is 32.9 Å². The molecule has 2 nitrogen and oxygen atoms in total. The number of para-hydroxylation sites is 2. The van der Waals surface area contributed by atoms with E-state index in [0.29, 0.717) is 11.5 Å². The van der Waals surface area contributed by atoms with E-state index in [0.717, 1.165) is 21.7 Å². The van der Waals surface area contributed by atoms with Crippen LogP contribution in [0.1, 0.15) is 27.8 Å². The fraction of sp³-hybridized carbons (Fsp3) is 0.217. The van der Waals surface area contributed by atoms with Gasteiger partial charge in [-0.25, -0.2) is 0 Å². The first-order valence-corrected chi connectivity index (χ1v) is 10.1. The van der Waals surface area contributed by atoms with E-state index >= 15 is 0 Å². The Morgan fingerprint density at radius 3 is 1.46 bits per heavy atom. The van der Waals surface area contributed by atoms with Crippen LogP contribution in [0.5, 0.6) is 11.5 Å². The average Bonchev–Trinajstić information content (AvgIpc) is 2.57. The molecule has 3 heteroatoms. The van der Waals surface area contributed by atoms with E-state index in [4.69, 9.17) is 0 Å². The van der Waals surface area contributed by atoms with Gasteiger partial charge < -0.3 is 10.2 Å². The first-order valence-electron chi connectivity index (χ1n) is 8.76. The maximum absolute atomic E-state index is 10.8. The number of phenols is 2. The van der Waals surface area contributed by atoms with Crippen LogP contribution < -0.4 is 15.9 Å². The van der Waals surface area contributed by atoms with Crippen LogP contribution in [0.15, 0.2) is 48.5 Å². The summed E-state index contributed by atoms with van der Waals surface area (Å²) in [5, 5.41) is 24.6. The second-order valence-electron chi connectivity index (χ2n) is 6.97. The minimum Gasteiger partial charge on any atom is -0.507 e. The van der Waals surface area contributed by atoms with Crippen LogP contribution in [0.2, 0.25) is 0 Å². The molecule has 0 fully saturated rings. The van der Waals surface area contributed by atoms with Crippen LogP contribution in [0.3, 0.4) is 0 Å². The van der Waals surface area contributed by atoms with Crippen molar-refractivity contribution in [3.63, 3.8) is 0 Å². The van der Waals surface area contributed by atoms with E-state index in [9.17, 15) is 10.2 Å². The van der Waals surface area contributed by atoms with Crippen molar-refractivity contribution in [1.82, 2.24) is 0 Å². The van der Waals surface area contributed by atoms with Gasteiger partial charge in [0, 0.05) is 10.6 Å². The van der Waals surface area contributed by atoms with Crippen molar-refractivity contribution in [2.45, 2.75) is 34.6 Å². The monoisotopic (exact) mass is 364 g/mol. The van der Waals surface area contributed by atoms with Crippen molar-refractivity contribution in [3.05, 3.63) is 76.3 Å². The highest BCUT2D eigenvalue weighted by atomic mass is 31.1. The van der Waals surface area contributed by atoms with Crippen LogP contribution >= 0.6 is 7.92 Å². The zero-order valence-corrected chi connectivity index (χ0v) is 16.9. The standard InChI is InChI=1S/C23H25O2P/c1-14-12-17(4)23(18(5)13-14)26(19-10-6-8-15(2)21(19)24)20-11-7-9-16(3)22(20)25/h6-13,24-25H,1-5H3. The molecule has 0 saturated heterocycles. The molecule has 0 aliphatic heterocycles. The van der Waals surface area contributed by atoms with Gasteiger partial charge in [-0.3, -0.25) is 0 Å². The predicted molar refractivity (Wildman–Crippen MR) is 112 cm³/mol. The van der Waals surface area contributed by atoms with E-state index in [1.54, 1.807) is 0 Å². The molecule has 0 aliphatic rings. The van der Waals surface area contributed by atoms with Gasteiger partial charge in [-0.1, -0.05) is 54.1 Å². The van der Waals surface area contributed by atoms with Gasteiger partial charge in [0.05, 0.1) is 0 Å². The lowest BCUT2D eigenvalue weighted by atomic mass is 10.1. The molecule has 26 heavy (non-hydrogen) atoms. The summed E-state index contributed by atoms with van der Waals surface area (Å²) in [5.41, 5.74) is 5.31. The minimum absolute atomic E-state index is 0.318. The van der Waals surface area contributed by atoms with Crippen LogP contribution in [-0.2, 0) is 0 Å². The fourth-order valence-corrected chi connectivity index (χ4v) is 6.37. The lowest BCUT2D eigenvalue weighted by Crippen LogP contribution is -2.25. The maximum atomic E-state index is 10.8. The molecule has 134 valence electrons. The first kappa shape index (κ1) is 18.5. The van der Waals surface area contributed by atoms with Crippen molar-refractivity contribution in [2.24, 2.45) is 0 Å². The third kappa shape index (κ3) is 3.22. The number of hydrogen-bond donors (Lipinski definition) is 2. The molecule has 0 aliphatic carbocycles. The summed E-state index contributed by atoms with van der Waals surface area (Å²) < 4.78 is 0. The number of phenolic OH excluding ortho intramolecular Hbond substituents is 2. The summed E-state index contributed by atoms with van der Waals surface area (Å²) in [6.07, 6.45) is 0. The number of aryl methyl sites for hydroxylation is 5. The van der Waals surface area contributed by atoms with Crippen LogP contribution in [-0.4, -0.2) is 10.2 Å². The summed E-state index contributed by atoms with van der Waals surface area (Å²) in [6.45, 7) is 10.2. The Hall–Kier alpha value is -2.31. The Kier molecular flexibility index (Phi) is 5.07. The van der Waals surface area contributed by atoms with E-state index in [1.165, 1.54) is 22.0 Å². The normalized spacial score (nSPS) is 11.2. The Morgan fingerprint density at radius 1 is 0.615 bits per heavy atom. The molecule has 0 amide bonds. The van der Waals surface area contributed by atoms with Crippen molar-refractivity contribution in [2.75, 3.05) is 0 Å². The summed E-state index contributed by atoms with van der Waals surface area (Å²) in [4.78, 5) is 0. The Morgan fingerprint density at radius 2 is 1.04 bits per heavy atom. The van der Waals surface area contributed by atoms with Crippen LogP contribution in [0, 0.1) is 34.6 Å². The molecule has 0 radical (unpaired) electrons. The van der Waals surface area contributed by atoms with Gasteiger partial charge in [0.1, 0.15) is 11.5 Å². The molecule has 0 aromatic heterocycles. The molecule has 0 heterocycles. The van der Waals surface area contributed by atoms with Gasteiger partial charge in [0.2, 0.25) is 0 Å². The lowest BCUT2D eigenvalue weighted by Gasteiger charge is -2.26. The second kappa shape index (κ2) is 7.13. The lowest BCUT2D eigenvalue weighted by molar-refractivity contribution is 0.475. The molecule has 3 aromatic carbocycles. The molecular formula is C23H25O2P. The fourth-order valence-electron chi connectivity index (χ4n) is 3.54. The number of aromatic hydroxyl groups is 2. The minimum atomic E-state index is -1.07. The van der Waals surface area contributed by atoms with Gasteiger partial charge in [-0.15, -0.1) is 0 Å². The van der Waals surface area contributed by atoms with Crippen molar-refractivity contribution in [3.8, 4) is 11.5 Å². The Labute approximate surface area is 156 Å². The quantitative estimate of drug-likeness (QED) is 0.677. The highest BCUT2D eigenvalue weighted by Crippen LogP contribution is 2.42. The van der Waals surface area contributed by atoms with E-state index in [-0.39, 0.29) is 0 Å². The highest BCUT2D eigenvalue weighted by molar-refractivity contribution is 7.80. The zero-order chi connectivity index (χ0) is 19.0. The van der Waals surface area contributed by atoms with Gasteiger partial charge in [-0.05, 0) is 70.1 Å². The molecule has 3 rings (SSSR count). The van der Waals surface area contributed by atoms with E-state index < -0.39 is 7.92 Å². The number of hydrogen-bond acceptors (Lipinski definition) is 2. The summed E-state index contributed by atoms with van der Waals surface area (Å²) in [6, 6.07) is 16.1. The van der Waals surface area contributed by atoms with Gasteiger partial charge in [0.15, 0.2) is 0 Å². The predicted octanol–water partition coefficient (Wildman–Crippen LogP) is 4.40. The zero-order valence-electron chi connectivity index (χ0n) is 16.0. The maximum Gasteiger partial charge on any atom is 0.126 e. The van der Waals surface area contributed by atoms with Gasteiger partial charge in [-0.2, -0.15) is 0 Å². The molecule has 3 aromatic rings. The van der Waals surface area contributed by atoms with Crippen LogP contribution in [0.25, 0.3) is 0 Å². The van der Waals surface area contributed by atoms with Crippen LogP contribution in [0.4, 0.5) is 0 Å². The summed E-state index contributed by atoms with van der Waals surface area (Å²) >= 11 is 0. The second-order valence-corrected chi connectivity index (χ2v) is 9.05. The topological polar surface area (TPSA) is 40.5 Å². The third-order valence-corrected chi connectivity index (χ3v) is 7.61. The summed E-state index contributed by atoms with van der Waals surface area (Å²) in [5.74, 6) is 0.637. The van der Waals surface area contributed by atoms with Gasteiger partial charge >= 0.3 is 0 Å². The van der Waals surface area contributed by atoms with Crippen molar-refractivity contribution >= 4 is 23.8 Å². The summed E-state index contributed by atoms with van der Waals surface area (Å²) in [7, 11) is -1.07. The smallest absolute Gasteiger partial charge is 0.126 e. The van der Waals surface area contributed by atoms with Crippen molar-refractivity contribution < 1.29 is 10.2 Å². The number of rotatable bonds is 3. The molecular weight excluding hydrogens is 339 g/mol. The SMILES string of the molecule is Cc1cc(C)c(P(c2cccc(C)c2O)c2cccc(C)c2O)c(C)c1. The third-order valence-electron chi connectivity index (χ3n) is 4.77. The molecule has 0 spiro atoms. The Balaban J connectivity index is 2.38. The average molecular weight is 364 g/mol. The number of benzene rings is 3. The van der Waals surface area contributed by atoms with Gasteiger partial charge in [0.25, 0.3) is 0 Å². The molecule has 0 saturated carbocycles. The van der Waals surface area contributed by atoms with Crippen molar-refractivity contribution in [1.29, 1.82) is 0 Å². The van der Waals surface area contributed by atoms with E-state index in [1.807, 2.05) is 50.2 Å². The molecule has 2 N–H and O–H groups in total. The highest BCUT2D eigenvalue weighted by Gasteiger charge is 2.26. The Bertz CT molecular complexity index is 901. The molecule has 0 unspecified atom stereocenters. The molecule has 0 bridgehead atoms. The largest absolute Gasteiger partial charge is 0.507 e. The molecule has 0 atom stereocenters.